The van der Waals surface area contributed by atoms with E-state index in [-0.39, 0.29) is 17.2 Å². The molecule has 1 aliphatic heterocycles. The fraction of sp³-hybridized carbons (Fsp3) is 0.211. The number of hydrogen-bond donors (Lipinski definition) is 0. The summed E-state index contributed by atoms with van der Waals surface area (Å²) >= 11 is 0. The maximum atomic E-state index is 13.9. The molecule has 27 heavy (non-hydrogen) atoms. The molecule has 0 spiro atoms. The quantitative estimate of drug-likeness (QED) is 0.691. The number of anilines is 1. The molecule has 1 fully saturated rings. The lowest BCUT2D eigenvalue weighted by atomic mass is 10.1. The molecule has 2 heterocycles. The van der Waals surface area contributed by atoms with Crippen LogP contribution in [0, 0.1) is 11.6 Å². The molecule has 2 aromatic carbocycles. The van der Waals surface area contributed by atoms with Crippen molar-refractivity contribution in [3.63, 3.8) is 0 Å². The molecule has 0 atom stereocenters. The van der Waals surface area contributed by atoms with Gasteiger partial charge in [0.1, 0.15) is 17.3 Å². The van der Waals surface area contributed by atoms with Crippen LogP contribution < -0.4 is 4.90 Å². The van der Waals surface area contributed by atoms with Gasteiger partial charge in [0.05, 0.1) is 17.7 Å². The number of rotatable bonds is 3. The van der Waals surface area contributed by atoms with Crippen LogP contribution in [0.5, 0.6) is 0 Å². The Hall–Kier alpha value is -2.74. The van der Waals surface area contributed by atoms with E-state index in [2.05, 4.69) is 5.10 Å². The van der Waals surface area contributed by atoms with E-state index in [0.717, 1.165) is 35.0 Å². The van der Waals surface area contributed by atoms with Gasteiger partial charge >= 0.3 is 0 Å². The topological polar surface area (TPSA) is 55.2 Å². The summed E-state index contributed by atoms with van der Waals surface area (Å²) in [6, 6.07) is 10.9. The van der Waals surface area contributed by atoms with Crippen LogP contribution in [0.25, 0.3) is 16.8 Å². The predicted molar refractivity (Wildman–Crippen MR) is 99.8 cm³/mol. The Bertz CT molecular complexity index is 1060. The molecule has 4 rings (SSSR count). The third kappa shape index (κ3) is 3.71. The zero-order valence-corrected chi connectivity index (χ0v) is 15.2. The number of nitrogens with zero attached hydrogens (tertiary/aromatic N) is 3. The lowest BCUT2D eigenvalue weighted by Gasteiger charge is -2.28. The molecule has 0 radical (unpaired) electrons. The molecule has 1 aromatic heterocycles. The third-order valence-corrected chi connectivity index (χ3v) is 6.26. The van der Waals surface area contributed by atoms with Gasteiger partial charge in [-0.1, -0.05) is 12.1 Å². The summed E-state index contributed by atoms with van der Waals surface area (Å²) in [4.78, 5) is 2.04. The zero-order chi connectivity index (χ0) is 19.0. The number of benzene rings is 2. The van der Waals surface area contributed by atoms with Gasteiger partial charge in [-0.05, 0) is 29.8 Å². The first-order valence-corrected chi connectivity index (χ1v) is 10.3. The Morgan fingerprint density at radius 3 is 2.33 bits per heavy atom. The second kappa shape index (κ2) is 6.77. The number of sulfone groups is 1. The van der Waals surface area contributed by atoms with Crippen LogP contribution in [0.4, 0.5) is 14.5 Å². The van der Waals surface area contributed by atoms with Gasteiger partial charge < -0.3 is 4.90 Å². The summed E-state index contributed by atoms with van der Waals surface area (Å²) in [5.41, 5.74) is 2.66. The minimum atomic E-state index is -2.92. The molecule has 5 nitrogen and oxygen atoms in total. The molecule has 8 heteroatoms. The van der Waals surface area contributed by atoms with Crippen molar-refractivity contribution >= 4 is 15.5 Å². The Morgan fingerprint density at radius 1 is 0.926 bits per heavy atom. The van der Waals surface area contributed by atoms with Crippen molar-refractivity contribution in [2.45, 2.75) is 0 Å². The molecule has 1 aliphatic rings. The average Bonchev–Trinajstić information content (AvgIpc) is 3.14. The van der Waals surface area contributed by atoms with Crippen LogP contribution in [-0.4, -0.2) is 42.8 Å². The molecule has 0 bridgehead atoms. The van der Waals surface area contributed by atoms with Gasteiger partial charge in [0, 0.05) is 36.6 Å². The zero-order valence-electron chi connectivity index (χ0n) is 14.3. The van der Waals surface area contributed by atoms with Crippen LogP contribution in [-0.2, 0) is 9.84 Å². The van der Waals surface area contributed by atoms with Gasteiger partial charge in [-0.3, -0.25) is 0 Å². The minimum Gasteiger partial charge on any atom is -0.369 e. The molecule has 0 amide bonds. The van der Waals surface area contributed by atoms with Gasteiger partial charge in [-0.25, -0.2) is 21.9 Å². The smallest absolute Gasteiger partial charge is 0.153 e. The van der Waals surface area contributed by atoms with Crippen molar-refractivity contribution in [1.82, 2.24) is 9.78 Å². The van der Waals surface area contributed by atoms with Crippen LogP contribution in [0.1, 0.15) is 0 Å². The van der Waals surface area contributed by atoms with Gasteiger partial charge in [0.2, 0.25) is 0 Å². The Kier molecular flexibility index (Phi) is 4.43. The van der Waals surface area contributed by atoms with Crippen molar-refractivity contribution in [3.05, 3.63) is 66.5 Å². The van der Waals surface area contributed by atoms with Crippen molar-refractivity contribution in [1.29, 1.82) is 0 Å². The molecular formula is C19H17F2N3O2S. The van der Waals surface area contributed by atoms with Crippen LogP contribution in [0.3, 0.4) is 0 Å². The number of hydrogen-bond acceptors (Lipinski definition) is 4. The van der Waals surface area contributed by atoms with E-state index in [9.17, 15) is 17.2 Å². The summed E-state index contributed by atoms with van der Waals surface area (Å²) in [6.45, 7) is 0.969. The first kappa shape index (κ1) is 17.7. The molecule has 0 saturated carbocycles. The monoisotopic (exact) mass is 389 g/mol. The third-order valence-electron chi connectivity index (χ3n) is 4.65. The van der Waals surface area contributed by atoms with E-state index in [0.29, 0.717) is 13.1 Å². The molecule has 0 unspecified atom stereocenters. The van der Waals surface area contributed by atoms with Gasteiger partial charge in [0.25, 0.3) is 0 Å². The van der Waals surface area contributed by atoms with E-state index in [4.69, 9.17) is 0 Å². The van der Waals surface area contributed by atoms with Crippen molar-refractivity contribution in [2.24, 2.45) is 0 Å². The standard InChI is InChI=1S/C19H17F2N3O2S/c20-16-3-6-18(21)19(11-16)24-13-15(12-22-24)14-1-4-17(5-2-14)23-7-9-27(25,26)10-8-23/h1-6,11-13H,7-10H2. The van der Waals surface area contributed by atoms with E-state index in [1.165, 1.54) is 4.68 Å². The Morgan fingerprint density at radius 2 is 1.63 bits per heavy atom. The Labute approximate surface area is 155 Å². The molecular weight excluding hydrogens is 372 g/mol. The van der Waals surface area contributed by atoms with E-state index in [1.807, 2.05) is 29.2 Å². The van der Waals surface area contributed by atoms with E-state index >= 15 is 0 Å². The first-order chi connectivity index (χ1) is 12.9. The van der Waals surface area contributed by atoms with Crippen LogP contribution in [0.15, 0.2) is 54.9 Å². The highest BCUT2D eigenvalue weighted by Gasteiger charge is 2.21. The average molecular weight is 389 g/mol. The van der Waals surface area contributed by atoms with Crippen LogP contribution in [0.2, 0.25) is 0 Å². The molecule has 1 saturated heterocycles. The lowest BCUT2D eigenvalue weighted by Crippen LogP contribution is -2.40. The fourth-order valence-corrected chi connectivity index (χ4v) is 4.30. The van der Waals surface area contributed by atoms with Gasteiger partial charge in [0.15, 0.2) is 9.84 Å². The second-order valence-corrected chi connectivity index (χ2v) is 8.76. The fourth-order valence-electron chi connectivity index (χ4n) is 3.10. The van der Waals surface area contributed by atoms with E-state index in [1.54, 1.807) is 12.4 Å². The summed E-state index contributed by atoms with van der Waals surface area (Å²) in [7, 11) is -2.92. The van der Waals surface area contributed by atoms with Gasteiger partial charge in [-0.2, -0.15) is 5.10 Å². The summed E-state index contributed by atoms with van der Waals surface area (Å²) < 4.78 is 51.7. The van der Waals surface area contributed by atoms with E-state index < -0.39 is 21.5 Å². The highest BCUT2D eigenvalue weighted by atomic mass is 32.2. The summed E-state index contributed by atoms with van der Waals surface area (Å²) in [6.07, 6.45) is 3.23. The second-order valence-electron chi connectivity index (χ2n) is 6.46. The molecule has 140 valence electrons. The van der Waals surface area contributed by atoms with Crippen LogP contribution >= 0.6 is 0 Å². The lowest BCUT2D eigenvalue weighted by molar-refractivity contribution is 0.587. The maximum Gasteiger partial charge on any atom is 0.153 e. The SMILES string of the molecule is O=S1(=O)CCN(c2ccc(-c3cnn(-c4cc(F)ccc4F)c3)cc2)CC1. The Balaban J connectivity index is 1.55. The number of halogens is 2. The molecule has 3 aromatic rings. The highest BCUT2D eigenvalue weighted by molar-refractivity contribution is 7.91. The van der Waals surface area contributed by atoms with Crippen molar-refractivity contribution in [3.8, 4) is 16.8 Å². The minimum absolute atomic E-state index is 0.0485. The first-order valence-electron chi connectivity index (χ1n) is 8.47. The summed E-state index contributed by atoms with van der Waals surface area (Å²) in [5.74, 6) is -0.751. The summed E-state index contributed by atoms with van der Waals surface area (Å²) in [5, 5.41) is 4.13. The van der Waals surface area contributed by atoms with Crippen molar-refractivity contribution < 1.29 is 17.2 Å². The number of aromatic nitrogens is 2. The van der Waals surface area contributed by atoms with Gasteiger partial charge in [-0.15, -0.1) is 0 Å². The normalized spacial score (nSPS) is 16.4. The van der Waals surface area contributed by atoms with Crippen molar-refractivity contribution in [2.75, 3.05) is 29.5 Å². The highest BCUT2D eigenvalue weighted by Crippen LogP contribution is 2.25. The molecule has 0 aliphatic carbocycles. The molecule has 0 N–H and O–H groups in total. The predicted octanol–water partition coefficient (Wildman–Crippen LogP) is 3.05. The largest absolute Gasteiger partial charge is 0.369 e. The maximum absolute atomic E-state index is 13.9.